The highest BCUT2D eigenvalue weighted by molar-refractivity contribution is 6.17. The fourth-order valence-corrected chi connectivity index (χ4v) is 7.41. The molecule has 0 aliphatic carbocycles. The molecule has 4 heteroatoms. The van der Waals surface area contributed by atoms with Crippen LogP contribution in [-0.2, 0) is 0 Å². The van der Waals surface area contributed by atoms with Crippen LogP contribution in [0.5, 0.6) is 0 Å². The smallest absolute Gasteiger partial charge is 0.145 e. The van der Waals surface area contributed by atoms with Crippen LogP contribution in [0, 0.1) is 0 Å². The number of aliphatic imine (C=N–C) groups is 1. The lowest BCUT2D eigenvalue weighted by Gasteiger charge is -2.25. The van der Waals surface area contributed by atoms with E-state index < -0.39 is 0 Å². The van der Waals surface area contributed by atoms with Gasteiger partial charge in [-0.15, -0.1) is 0 Å². The average Bonchev–Trinajstić information content (AvgIpc) is 3.73. The van der Waals surface area contributed by atoms with E-state index in [1.54, 1.807) is 0 Å². The minimum Gasteiger partial charge on any atom is -0.456 e. The van der Waals surface area contributed by atoms with Gasteiger partial charge in [-0.2, -0.15) is 0 Å². The van der Waals surface area contributed by atoms with Crippen molar-refractivity contribution in [2.45, 2.75) is 6.17 Å². The van der Waals surface area contributed by atoms with Gasteiger partial charge in [0.25, 0.3) is 0 Å². The van der Waals surface area contributed by atoms with E-state index in [0.717, 1.165) is 66.8 Å². The Hall–Kier alpha value is -6.65. The van der Waals surface area contributed by atoms with Gasteiger partial charge in [0, 0.05) is 38.5 Å². The Morgan fingerprint density at radius 1 is 0.480 bits per heavy atom. The summed E-state index contributed by atoms with van der Waals surface area (Å²) in [6.45, 7) is 0. The second-order valence-corrected chi connectivity index (χ2v) is 12.8. The van der Waals surface area contributed by atoms with E-state index in [4.69, 9.17) is 9.41 Å². The highest BCUT2D eigenvalue weighted by Crippen LogP contribution is 2.37. The molecule has 0 amide bonds. The quantitative estimate of drug-likeness (QED) is 0.203. The lowest BCUT2D eigenvalue weighted by molar-refractivity contribution is 0.664. The molecular weight excluding hydrogens is 611 g/mol. The van der Waals surface area contributed by atoms with Gasteiger partial charge < -0.3 is 14.3 Å². The van der Waals surface area contributed by atoms with Crippen molar-refractivity contribution in [3.05, 3.63) is 193 Å². The van der Waals surface area contributed by atoms with Crippen molar-refractivity contribution in [1.29, 1.82) is 0 Å². The fourth-order valence-electron chi connectivity index (χ4n) is 7.41. The van der Waals surface area contributed by atoms with Crippen LogP contribution in [0.3, 0.4) is 0 Å². The van der Waals surface area contributed by atoms with Crippen molar-refractivity contribution in [3.8, 4) is 16.8 Å². The number of furan rings is 1. The maximum Gasteiger partial charge on any atom is 0.145 e. The molecule has 1 N–H and O–H groups in total. The molecule has 10 rings (SSSR count). The number of nitrogens with one attached hydrogen (secondary N) is 1. The van der Waals surface area contributed by atoms with Gasteiger partial charge in [-0.1, -0.05) is 127 Å². The maximum absolute atomic E-state index is 6.19. The van der Waals surface area contributed by atoms with E-state index in [9.17, 15) is 0 Å². The number of fused-ring (bicyclic) bond motifs is 6. The summed E-state index contributed by atoms with van der Waals surface area (Å²) in [4.78, 5) is 5.32. The van der Waals surface area contributed by atoms with E-state index >= 15 is 0 Å². The summed E-state index contributed by atoms with van der Waals surface area (Å²) in [5.41, 5.74) is 12.8. The average molecular weight is 642 g/mol. The van der Waals surface area contributed by atoms with Crippen LogP contribution in [-0.4, -0.2) is 10.3 Å². The summed E-state index contributed by atoms with van der Waals surface area (Å²) >= 11 is 0. The third kappa shape index (κ3) is 4.73. The number of aromatic nitrogens is 1. The predicted molar refractivity (Wildman–Crippen MR) is 207 cm³/mol. The first-order valence-electron chi connectivity index (χ1n) is 17.0. The summed E-state index contributed by atoms with van der Waals surface area (Å²) in [5.74, 6) is 0. The molecule has 1 aliphatic rings. The molecule has 0 saturated heterocycles. The fraction of sp³-hybridized carbons (Fsp3) is 0.0217. The second-order valence-electron chi connectivity index (χ2n) is 12.8. The molecule has 9 aromatic rings. The predicted octanol–water partition coefficient (Wildman–Crippen LogP) is 11.5. The topological polar surface area (TPSA) is 42.5 Å². The monoisotopic (exact) mass is 641 g/mol. The molecular formula is C46H31N3O. The summed E-state index contributed by atoms with van der Waals surface area (Å²) < 4.78 is 8.56. The van der Waals surface area contributed by atoms with Gasteiger partial charge in [0.2, 0.25) is 0 Å². The van der Waals surface area contributed by atoms with Crippen LogP contribution in [0.2, 0.25) is 0 Å². The third-order valence-electron chi connectivity index (χ3n) is 9.83. The van der Waals surface area contributed by atoms with Crippen molar-refractivity contribution < 1.29 is 4.42 Å². The number of hydrogen-bond donors (Lipinski definition) is 1. The highest BCUT2D eigenvalue weighted by atomic mass is 16.3. The Balaban J connectivity index is 1.15. The van der Waals surface area contributed by atoms with Crippen LogP contribution in [0.4, 0.5) is 0 Å². The first kappa shape index (κ1) is 28.4. The maximum atomic E-state index is 6.19. The Labute approximate surface area is 289 Å². The molecule has 0 radical (unpaired) electrons. The summed E-state index contributed by atoms with van der Waals surface area (Å²) in [5, 5.41) is 8.40. The van der Waals surface area contributed by atoms with E-state index in [1.165, 1.54) is 21.9 Å². The standard InChI is InChI=1S/C46H31N3O/c1-3-12-30(13-4-1)32-16-11-17-33(26-32)40-29-41(48-46(47-40)31-14-5-2-6-15-31)34-22-24-37-36-18-7-9-20-42(36)49(43(37)27-34)35-23-25-45-39(28-35)38-19-8-10-21-44(38)50-45/h1-29,46-47H. The first-order valence-corrected chi connectivity index (χ1v) is 17.0. The second kappa shape index (κ2) is 11.5. The van der Waals surface area contributed by atoms with Crippen LogP contribution in [0.15, 0.2) is 185 Å². The van der Waals surface area contributed by atoms with E-state index in [-0.39, 0.29) is 6.17 Å². The van der Waals surface area contributed by atoms with Gasteiger partial charge in [0.05, 0.1) is 16.7 Å². The molecule has 1 unspecified atom stereocenters. The van der Waals surface area contributed by atoms with Crippen molar-refractivity contribution in [1.82, 2.24) is 9.88 Å². The van der Waals surface area contributed by atoms with Crippen molar-refractivity contribution in [2.75, 3.05) is 0 Å². The zero-order valence-electron chi connectivity index (χ0n) is 27.1. The van der Waals surface area contributed by atoms with E-state index in [2.05, 4.69) is 168 Å². The molecule has 2 aromatic heterocycles. The van der Waals surface area contributed by atoms with E-state index in [0.29, 0.717) is 0 Å². The van der Waals surface area contributed by atoms with Gasteiger partial charge in [0.1, 0.15) is 17.3 Å². The third-order valence-corrected chi connectivity index (χ3v) is 9.83. The molecule has 0 fully saturated rings. The lowest BCUT2D eigenvalue weighted by Crippen LogP contribution is -2.24. The zero-order chi connectivity index (χ0) is 33.0. The molecule has 0 bridgehead atoms. The molecule has 7 aromatic carbocycles. The lowest BCUT2D eigenvalue weighted by atomic mass is 9.98. The van der Waals surface area contributed by atoms with Gasteiger partial charge in [-0.25, -0.2) is 0 Å². The van der Waals surface area contributed by atoms with Gasteiger partial charge in [0.15, 0.2) is 0 Å². The number of para-hydroxylation sites is 2. The minimum absolute atomic E-state index is 0.232. The summed E-state index contributed by atoms with van der Waals surface area (Å²) in [6, 6.07) is 59.9. The van der Waals surface area contributed by atoms with Gasteiger partial charge in [-0.05, 0) is 70.8 Å². The summed E-state index contributed by atoms with van der Waals surface area (Å²) in [7, 11) is 0. The van der Waals surface area contributed by atoms with Crippen molar-refractivity contribution in [3.63, 3.8) is 0 Å². The van der Waals surface area contributed by atoms with Crippen LogP contribution in [0.25, 0.3) is 66.3 Å². The Morgan fingerprint density at radius 3 is 2.06 bits per heavy atom. The molecule has 0 saturated carbocycles. The normalized spacial score (nSPS) is 14.6. The Bertz CT molecular complexity index is 2790. The number of nitrogens with zero attached hydrogens (tertiary/aromatic N) is 2. The molecule has 236 valence electrons. The molecule has 0 spiro atoms. The number of allylic oxidation sites excluding steroid dienone is 1. The summed E-state index contributed by atoms with van der Waals surface area (Å²) in [6.07, 6.45) is 1.96. The molecule has 1 atom stereocenters. The van der Waals surface area contributed by atoms with Gasteiger partial charge >= 0.3 is 0 Å². The Kier molecular flexibility index (Phi) is 6.53. The SMILES string of the molecule is C1=C(c2cccc(-c3ccccc3)c2)NC(c2ccccc2)N=C1c1ccc2c3ccccc3n(-c3ccc4oc5ccccc5c4c3)c2c1. The number of benzene rings is 7. The molecule has 1 aliphatic heterocycles. The van der Waals surface area contributed by atoms with Crippen LogP contribution in [0.1, 0.15) is 22.9 Å². The zero-order valence-corrected chi connectivity index (χ0v) is 27.1. The largest absolute Gasteiger partial charge is 0.456 e. The minimum atomic E-state index is -0.232. The molecule has 4 nitrogen and oxygen atoms in total. The Morgan fingerprint density at radius 2 is 1.18 bits per heavy atom. The molecule has 50 heavy (non-hydrogen) atoms. The van der Waals surface area contributed by atoms with Crippen molar-refractivity contribution in [2.24, 2.45) is 4.99 Å². The van der Waals surface area contributed by atoms with Gasteiger partial charge in [-0.3, -0.25) is 4.99 Å². The first-order chi connectivity index (χ1) is 24.8. The molecule has 3 heterocycles. The highest BCUT2D eigenvalue weighted by Gasteiger charge is 2.21. The number of rotatable bonds is 5. The van der Waals surface area contributed by atoms with E-state index in [1.807, 2.05) is 18.2 Å². The number of hydrogen-bond acceptors (Lipinski definition) is 3. The van der Waals surface area contributed by atoms with Crippen LogP contribution < -0.4 is 5.32 Å². The van der Waals surface area contributed by atoms with Crippen molar-refractivity contribution >= 4 is 55.2 Å². The van der Waals surface area contributed by atoms with Crippen LogP contribution >= 0.6 is 0 Å².